The summed E-state index contributed by atoms with van der Waals surface area (Å²) >= 11 is 0. The molecule has 3 amide bonds. The van der Waals surface area contributed by atoms with Crippen LogP contribution in [-0.2, 0) is 4.79 Å². The summed E-state index contributed by atoms with van der Waals surface area (Å²) in [6, 6.07) is 14.4. The summed E-state index contributed by atoms with van der Waals surface area (Å²) in [5, 5.41) is 3.09. The molecule has 0 radical (unpaired) electrons. The van der Waals surface area contributed by atoms with Crippen molar-refractivity contribution in [3.63, 3.8) is 0 Å². The molecule has 150 valence electrons. The third-order valence-corrected chi connectivity index (χ3v) is 5.38. The van der Waals surface area contributed by atoms with E-state index in [1.54, 1.807) is 24.3 Å². The minimum absolute atomic E-state index is 0.0980. The predicted octanol–water partition coefficient (Wildman–Crippen LogP) is 3.48. The first-order chi connectivity index (χ1) is 13.9. The van der Waals surface area contributed by atoms with Gasteiger partial charge in [-0.15, -0.1) is 0 Å². The van der Waals surface area contributed by atoms with Crippen molar-refractivity contribution in [3.8, 4) is 5.75 Å². The second-order valence-electron chi connectivity index (χ2n) is 8.13. The Morgan fingerprint density at radius 1 is 1.07 bits per heavy atom. The van der Waals surface area contributed by atoms with E-state index in [-0.39, 0.29) is 42.3 Å². The van der Waals surface area contributed by atoms with Crippen molar-refractivity contribution in [1.29, 1.82) is 0 Å². The van der Waals surface area contributed by atoms with Gasteiger partial charge in [0.2, 0.25) is 5.91 Å². The lowest BCUT2D eigenvalue weighted by Gasteiger charge is -2.37. The molecule has 0 spiro atoms. The molecular weight excluding hydrogens is 368 g/mol. The number of hydrogen-bond acceptors (Lipinski definition) is 4. The minimum Gasteiger partial charge on any atom is -0.487 e. The number of hydrogen-bond donors (Lipinski definition) is 1. The molecule has 2 aliphatic heterocycles. The third kappa shape index (κ3) is 3.75. The Morgan fingerprint density at radius 2 is 1.69 bits per heavy atom. The maximum atomic E-state index is 12.5. The Hall–Kier alpha value is -3.15. The number of imide groups is 1. The fourth-order valence-electron chi connectivity index (χ4n) is 4.04. The van der Waals surface area contributed by atoms with E-state index in [9.17, 15) is 14.4 Å². The molecule has 2 aromatic rings. The summed E-state index contributed by atoms with van der Waals surface area (Å²) in [5.41, 5.74) is 1.47. The van der Waals surface area contributed by atoms with Crippen molar-refractivity contribution in [3.05, 3.63) is 65.2 Å². The number of carbonyl (C=O) groups excluding carboxylic acids is 3. The minimum atomic E-state index is -0.369. The lowest BCUT2D eigenvalue weighted by molar-refractivity contribution is -0.122. The Kier molecular flexibility index (Phi) is 4.86. The average Bonchev–Trinajstić information content (AvgIpc) is 2.92. The summed E-state index contributed by atoms with van der Waals surface area (Å²) in [5.74, 6) is 0.122. The molecule has 4 rings (SSSR count). The molecule has 0 saturated carbocycles. The highest BCUT2D eigenvalue weighted by atomic mass is 16.5. The monoisotopic (exact) mass is 392 g/mol. The Labute approximate surface area is 169 Å². The van der Waals surface area contributed by atoms with Crippen LogP contribution in [0.15, 0.2) is 48.5 Å². The van der Waals surface area contributed by atoms with Gasteiger partial charge in [0.05, 0.1) is 17.2 Å². The molecule has 2 heterocycles. The molecule has 0 aromatic heterocycles. The van der Waals surface area contributed by atoms with E-state index < -0.39 is 0 Å². The SMILES string of the molecule is CC1(C)C[C@@H](NC(=O)CCCN2C(=O)c3ccccc3C2=O)c2ccccc2O1. The highest BCUT2D eigenvalue weighted by Gasteiger charge is 2.36. The van der Waals surface area contributed by atoms with E-state index in [1.807, 2.05) is 38.1 Å². The number of fused-ring (bicyclic) bond motifs is 2. The molecule has 6 heteroatoms. The van der Waals surface area contributed by atoms with Crippen LogP contribution in [0.3, 0.4) is 0 Å². The number of ether oxygens (including phenoxy) is 1. The van der Waals surface area contributed by atoms with E-state index in [0.717, 1.165) is 11.3 Å². The van der Waals surface area contributed by atoms with Crippen LogP contribution >= 0.6 is 0 Å². The first-order valence-electron chi connectivity index (χ1n) is 9.88. The molecule has 0 aliphatic carbocycles. The van der Waals surface area contributed by atoms with Gasteiger partial charge >= 0.3 is 0 Å². The van der Waals surface area contributed by atoms with Gasteiger partial charge in [0.25, 0.3) is 11.8 Å². The molecule has 6 nitrogen and oxygen atoms in total. The normalized spacial score (nSPS) is 19.4. The van der Waals surface area contributed by atoms with E-state index >= 15 is 0 Å². The molecule has 0 saturated heterocycles. The molecule has 0 unspecified atom stereocenters. The van der Waals surface area contributed by atoms with Gasteiger partial charge in [0.1, 0.15) is 11.4 Å². The van der Waals surface area contributed by atoms with Gasteiger partial charge in [0, 0.05) is 24.9 Å². The van der Waals surface area contributed by atoms with Crippen LogP contribution in [0.4, 0.5) is 0 Å². The lowest BCUT2D eigenvalue weighted by atomic mass is 9.89. The fourth-order valence-corrected chi connectivity index (χ4v) is 4.04. The molecule has 0 bridgehead atoms. The standard InChI is InChI=1S/C23H24N2O4/c1-23(2)14-18(17-10-5-6-11-19(17)29-23)24-20(26)12-7-13-25-21(27)15-8-3-4-9-16(15)22(25)28/h3-6,8-11,18H,7,12-14H2,1-2H3,(H,24,26)/t18-/m1/s1. The number of benzene rings is 2. The summed E-state index contributed by atoms with van der Waals surface area (Å²) < 4.78 is 6.00. The number of para-hydroxylation sites is 1. The van der Waals surface area contributed by atoms with Gasteiger partial charge in [-0.25, -0.2) is 0 Å². The molecule has 1 N–H and O–H groups in total. The molecule has 29 heavy (non-hydrogen) atoms. The van der Waals surface area contributed by atoms with Crippen molar-refractivity contribution in [1.82, 2.24) is 10.2 Å². The summed E-state index contributed by atoms with van der Waals surface area (Å²) in [6.45, 7) is 4.24. The van der Waals surface area contributed by atoms with Crippen LogP contribution in [0.5, 0.6) is 5.75 Å². The second-order valence-corrected chi connectivity index (χ2v) is 8.13. The molecule has 2 aliphatic rings. The smallest absolute Gasteiger partial charge is 0.261 e. The maximum absolute atomic E-state index is 12.5. The Balaban J connectivity index is 1.35. The highest BCUT2D eigenvalue weighted by Crippen LogP contribution is 2.39. The first-order valence-corrected chi connectivity index (χ1v) is 9.88. The van der Waals surface area contributed by atoms with Crippen LogP contribution in [0.1, 0.15) is 65.4 Å². The summed E-state index contributed by atoms with van der Waals surface area (Å²) in [7, 11) is 0. The highest BCUT2D eigenvalue weighted by molar-refractivity contribution is 6.21. The first kappa shape index (κ1) is 19.2. The Morgan fingerprint density at radius 3 is 2.38 bits per heavy atom. The van der Waals surface area contributed by atoms with Crippen LogP contribution in [-0.4, -0.2) is 34.8 Å². The van der Waals surface area contributed by atoms with E-state index in [4.69, 9.17) is 4.74 Å². The summed E-state index contributed by atoms with van der Waals surface area (Å²) in [6.07, 6.45) is 1.34. The Bertz CT molecular complexity index is 947. The number of rotatable bonds is 5. The van der Waals surface area contributed by atoms with Gasteiger partial charge < -0.3 is 10.1 Å². The topological polar surface area (TPSA) is 75.7 Å². The number of nitrogens with zero attached hydrogens (tertiary/aromatic N) is 1. The van der Waals surface area contributed by atoms with Crippen molar-refractivity contribution >= 4 is 17.7 Å². The van der Waals surface area contributed by atoms with Gasteiger partial charge in [-0.2, -0.15) is 0 Å². The van der Waals surface area contributed by atoms with Crippen LogP contribution in [0.2, 0.25) is 0 Å². The average molecular weight is 392 g/mol. The lowest BCUT2D eigenvalue weighted by Crippen LogP contribution is -2.41. The van der Waals surface area contributed by atoms with E-state index in [2.05, 4.69) is 5.32 Å². The quantitative estimate of drug-likeness (QED) is 0.791. The summed E-state index contributed by atoms with van der Waals surface area (Å²) in [4.78, 5) is 38.6. The largest absolute Gasteiger partial charge is 0.487 e. The van der Waals surface area contributed by atoms with Crippen LogP contribution < -0.4 is 10.1 Å². The van der Waals surface area contributed by atoms with Gasteiger partial charge in [-0.05, 0) is 38.5 Å². The zero-order valence-electron chi connectivity index (χ0n) is 16.6. The van der Waals surface area contributed by atoms with E-state index in [1.165, 1.54) is 4.90 Å². The van der Waals surface area contributed by atoms with Crippen LogP contribution in [0, 0.1) is 0 Å². The third-order valence-electron chi connectivity index (χ3n) is 5.38. The number of carbonyl (C=O) groups is 3. The van der Waals surface area contributed by atoms with Gasteiger partial charge in [-0.3, -0.25) is 19.3 Å². The van der Waals surface area contributed by atoms with Crippen molar-refractivity contribution < 1.29 is 19.1 Å². The maximum Gasteiger partial charge on any atom is 0.261 e. The van der Waals surface area contributed by atoms with Crippen molar-refractivity contribution in [2.24, 2.45) is 0 Å². The van der Waals surface area contributed by atoms with Gasteiger partial charge in [0.15, 0.2) is 0 Å². The fraction of sp³-hybridized carbons (Fsp3) is 0.348. The zero-order chi connectivity index (χ0) is 20.6. The van der Waals surface area contributed by atoms with Crippen LogP contribution in [0.25, 0.3) is 0 Å². The molecular formula is C23H24N2O4. The number of amides is 3. The molecule has 1 atom stereocenters. The zero-order valence-corrected chi connectivity index (χ0v) is 16.6. The van der Waals surface area contributed by atoms with E-state index in [0.29, 0.717) is 24.0 Å². The molecule has 0 fully saturated rings. The van der Waals surface area contributed by atoms with Crippen molar-refractivity contribution in [2.75, 3.05) is 6.54 Å². The predicted molar refractivity (Wildman–Crippen MR) is 108 cm³/mol. The molecule has 2 aromatic carbocycles. The van der Waals surface area contributed by atoms with Gasteiger partial charge in [-0.1, -0.05) is 30.3 Å². The number of nitrogens with one attached hydrogen (secondary N) is 1. The van der Waals surface area contributed by atoms with Crippen molar-refractivity contribution in [2.45, 2.75) is 44.8 Å². The second kappa shape index (κ2) is 7.35.